The van der Waals surface area contributed by atoms with E-state index in [2.05, 4.69) is 27.7 Å². The zero-order valence-corrected chi connectivity index (χ0v) is 11.8. The monoisotopic (exact) mass is 261 g/mol. The summed E-state index contributed by atoms with van der Waals surface area (Å²) in [5.41, 5.74) is 3.31. The fraction of sp³-hybridized carbons (Fsp3) is 0.533. The van der Waals surface area contributed by atoms with Crippen LogP contribution in [0.15, 0.2) is 18.2 Å². The molecule has 0 aliphatic carbocycles. The summed E-state index contributed by atoms with van der Waals surface area (Å²) in [6.45, 7) is 5.05. The number of carbonyl (C=O) groups excluding carboxylic acids is 1. The lowest BCUT2D eigenvalue weighted by atomic mass is 10.1. The molecule has 4 nitrogen and oxygen atoms in total. The van der Waals surface area contributed by atoms with Crippen molar-refractivity contribution >= 4 is 17.3 Å². The predicted octanol–water partition coefficient (Wildman–Crippen LogP) is 2.14. The van der Waals surface area contributed by atoms with Crippen LogP contribution in [0.4, 0.5) is 11.4 Å². The van der Waals surface area contributed by atoms with Crippen molar-refractivity contribution in [2.24, 2.45) is 0 Å². The third-order valence-corrected chi connectivity index (χ3v) is 3.56. The molecular formula is C15H23N3O. The van der Waals surface area contributed by atoms with Crippen molar-refractivity contribution in [3.8, 4) is 0 Å². The Bertz CT molecular complexity index is 439. The van der Waals surface area contributed by atoms with E-state index in [-0.39, 0.29) is 5.91 Å². The summed E-state index contributed by atoms with van der Waals surface area (Å²) in [6, 6.07) is 6.28. The smallest absolute Gasteiger partial charge is 0.225 e. The van der Waals surface area contributed by atoms with Gasteiger partial charge in [-0.15, -0.1) is 0 Å². The Morgan fingerprint density at radius 2 is 2.05 bits per heavy atom. The van der Waals surface area contributed by atoms with Gasteiger partial charge in [-0.05, 0) is 50.6 Å². The molecule has 1 fully saturated rings. The van der Waals surface area contributed by atoms with Crippen LogP contribution in [0.25, 0.3) is 0 Å². The molecule has 2 N–H and O–H groups in total. The molecule has 0 spiro atoms. The maximum atomic E-state index is 11.7. The number of nitrogens with zero attached hydrogens (tertiary/aromatic N) is 1. The molecule has 1 aromatic rings. The van der Waals surface area contributed by atoms with Crippen LogP contribution in [0.3, 0.4) is 0 Å². The SMILES string of the molecule is CNCCC(=O)Nc1ccc(N2CCCC2)cc1C. The van der Waals surface area contributed by atoms with E-state index in [1.807, 2.05) is 20.0 Å². The van der Waals surface area contributed by atoms with E-state index in [1.165, 1.54) is 18.5 Å². The molecule has 0 saturated carbocycles. The van der Waals surface area contributed by atoms with Gasteiger partial charge >= 0.3 is 0 Å². The molecular weight excluding hydrogens is 238 g/mol. The minimum atomic E-state index is 0.0615. The lowest BCUT2D eigenvalue weighted by Gasteiger charge is -2.19. The van der Waals surface area contributed by atoms with Gasteiger partial charge in [0.1, 0.15) is 0 Å². The second-order valence-corrected chi connectivity index (χ2v) is 5.10. The molecule has 104 valence electrons. The largest absolute Gasteiger partial charge is 0.372 e. The fourth-order valence-electron chi connectivity index (χ4n) is 2.41. The summed E-state index contributed by atoms with van der Waals surface area (Å²) in [6.07, 6.45) is 3.06. The molecule has 2 rings (SSSR count). The highest BCUT2D eigenvalue weighted by atomic mass is 16.1. The molecule has 0 aromatic heterocycles. The molecule has 19 heavy (non-hydrogen) atoms. The number of hydrogen-bond donors (Lipinski definition) is 2. The van der Waals surface area contributed by atoms with Crippen molar-refractivity contribution in [3.05, 3.63) is 23.8 Å². The highest BCUT2D eigenvalue weighted by Crippen LogP contribution is 2.25. The van der Waals surface area contributed by atoms with Crippen molar-refractivity contribution in [1.82, 2.24) is 5.32 Å². The Kier molecular flexibility index (Phi) is 4.80. The van der Waals surface area contributed by atoms with Crippen molar-refractivity contribution in [1.29, 1.82) is 0 Å². The van der Waals surface area contributed by atoms with Crippen molar-refractivity contribution in [3.63, 3.8) is 0 Å². The molecule has 1 aromatic carbocycles. The Labute approximate surface area is 115 Å². The van der Waals surface area contributed by atoms with E-state index in [9.17, 15) is 4.79 Å². The minimum Gasteiger partial charge on any atom is -0.372 e. The number of hydrogen-bond acceptors (Lipinski definition) is 3. The molecule has 1 heterocycles. The highest BCUT2D eigenvalue weighted by molar-refractivity contribution is 5.91. The normalized spacial score (nSPS) is 14.7. The van der Waals surface area contributed by atoms with Crippen LogP contribution in [0.1, 0.15) is 24.8 Å². The van der Waals surface area contributed by atoms with Crippen LogP contribution in [-0.4, -0.2) is 32.6 Å². The number of rotatable bonds is 5. The van der Waals surface area contributed by atoms with Gasteiger partial charge in [0.05, 0.1) is 0 Å². The third-order valence-electron chi connectivity index (χ3n) is 3.56. The van der Waals surface area contributed by atoms with Gasteiger partial charge in [-0.25, -0.2) is 0 Å². The van der Waals surface area contributed by atoms with Crippen LogP contribution >= 0.6 is 0 Å². The van der Waals surface area contributed by atoms with E-state index in [0.29, 0.717) is 13.0 Å². The lowest BCUT2D eigenvalue weighted by Crippen LogP contribution is -2.20. The van der Waals surface area contributed by atoms with Crippen LogP contribution in [0.2, 0.25) is 0 Å². The summed E-state index contributed by atoms with van der Waals surface area (Å²) < 4.78 is 0. The van der Waals surface area contributed by atoms with Crippen molar-refractivity contribution < 1.29 is 4.79 Å². The standard InChI is InChI=1S/C15H23N3O/c1-12-11-13(18-9-3-4-10-18)5-6-14(12)17-15(19)7-8-16-2/h5-6,11,16H,3-4,7-10H2,1-2H3,(H,17,19). The fourth-order valence-corrected chi connectivity index (χ4v) is 2.41. The summed E-state index contributed by atoms with van der Waals surface area (Å²) >= 11 is 0. The Morgan fingerprint density at radius 3 is 2.68 bits per heavy atom. The van der Waals surface area contributed by atoms with Crippen LogP contribution in [0.5, 0.6) is 0 Å². The van der Waals surface area contributed by atoms with E-state index >= 15 is 0 Å². The number of amides is 1. The van der Waals surface area contributed by atoms with Gasteiger partial charge in [0.2, 0.25) is 5.91 Å². The first-order chi connectivity index (χ1) is 9.20. The third kappa shape index (κ3) is 3.70. The van der Waals surface area contributed by atoms with Gasteiger partial charge in [-0.3, -0.25) is 4.79 Å². The minimum absolute atomic E-state index is 0.0615. The maximum Gasteiger partial charge on any atom is 0.225 e. The number of nitrogens with one attached hydrogen (secondary N) is 2. The van der Waals surface area contributed by atoms with Gasteiger partial charge in [0, 0.05) is 37.4 Å². The molecule has 1 amide bonds. The van der Waals surface area contributed by atoms with E-state index in [4.69, 9.17) is 0 Å². The molecule has 1 aliphatic heterocycles. The summed E-state index contributed by atoms with van der Waals surface area (Å²) in [7, 11) is 1.85. The molecule has 0 atom stereocenters. The van der Waals surface area contributed by atoms with Gasteiger partial charge in [-0.2, -0.15) is 0 Å². The van der Waals surface area contributed by atoms with E-state index in [0.717, 1.165) is 24.3 Å². The first-order valence-electron chi connectivity index (χ1n) is 7.01. The van der Waals surface area contributed by atoms with E-state index < -0.39 is 0 Å². The molecule has 1 saturated heterocycles. The van der Waals surface area contributed by atoms with Crippen LogP contribution in [0, 0.1) is 6.92 Å². The molecule has 0 bridgehead atoms. The summed E-state index contributed by atoms with van der Waals surface area (Å²) in [5.74, 6) is 0.0615. The molecule has 0 radical (unpaired) electrons. The van der Waals surface area contributed by atoms with Gasteiger partial charge in [0.25, 0.3) is 0 Å². The molecule has 4 heteroatoms. The van der Waals surface area contributed by atoms with Crippen LogP contribution in [-0.2, 0) is 4.79 Å². The van der Waals surface area contributed by atoms with Crippen molar-refractivity contribution in [2.45, 2.75) is 26.2 Å². The molecule has 0 unspecified atom stereocenters. The number of anilines is 2. The Morgan fingerprint density at radius 1 is 1.32 bits per heavy atom. The Hall–Kier alpha value is -1.55. The molecule has 1 aliphatic rings. The zero-order valence-electron chi connectivity index (χ0n) is 11.8. The topological polar surface area (TPSA) is 44.4 Å². The zero-order chi connectivity index (χ0) is 13.7. The maximum absolute atomic E-state index is 11.7. The van der Waals surface area contributed by atoms with Gasteiger partial charge < -0.3 is 15.5 Å². The summed E-state index contributed by atoms with van der Waals surface area (Å²) in [5, 5.41) is 5.94. The van der Waals surface area contributed by atoms with Crippen molar-refractivity contribution in [2.75, 3.05) is 36.9 Å². The number of benzene rings is 1. The number of carbonyl (C=O) groups is 1. The summed E-state index contributed by atoms with van der Waals surface area (Å²) in [4.78, 5) is 14.1. The first kappa shape index (κ1) is 13.9. The van der Waals surface area contributed by atoms with Gasteiger partial charge in [-0.1, -0.05) is 0 Å². The second kappa shape index (κ2) is 6.57. The van der Waals surface area contributed by atoms with Gasteiger partial charge in [0.15, 0.2) is 0 Å². The number of aryl methyl sites for hydroxylation is 1. The highest BCUT2D eigenvalue weighted by Gasteiger charge is 2.13. The first-order valence-corrected chi connectivity index (χ1v) is 7.01. The lowest BCUT2D eigenvalue weighted by molar-refractivity contribution is -0.116. The Balaban J connectivity index is 2.00. The quantitative estimate of drug-likeness (QED) is 0.853. The van der Waals surface area contributed by atoms with E-state index in [1.54, 1.807) is 0 Å². The average molecular weight is 261 g/mol. The predicted molar refractivity (Wildman–Crippen MR) is 79.8 cm³/mol. The van der Waals surface area contributed by atoms with Crippen LogP contribution < -0.4 is 15.5 Å². The second-order valence-electron chi connectivity index (χ2n) is 5.10. The average Bonchev–Trinajstić information content (AvgIpc) is 2.92.